The molecule has 0 aromatic carbocycles. The van der Waals surface area contributed by atoms with Crippen LogP contribution in [0, 0.1) is 5.92 Å². The molecule has 0 unspecified atom stereocenters. The molecule has 16 heavy (non-hydrogen) atoms. The van der Waals surface area contributed by atoms with E-state index in [1.165, 1.54) is 31.4 Å². The summed E-state index contributed by atoms with van der Waals surface area (Å²) in [6, 6.07) is 1.90. The van der Waals surface area contributed by atoms with Crippen molar-refractivity contribution in [2.45, 2.75) is 25.7 Å². The standard InChI is InChI=1S/C13H19NOS/c1-14-7-6-12(8-14)13(15)10-16-9-11-4-2-3-5-11/h6-8,11H,2-5,9-10H2,1H3. The summed E-state index contributed by atoms with van der Waals surface area (Å²) in [5.74, 6) is 2.94. The molecule has 0 aliphatic heterocycles. The Hall–Kier alpha value is -0.700. The first-order valence-corrected chi connectivity index (χ1v) is 7.14. The molecule has 88 valence electrons. The summed E-state index contributed by atoms with van der Waals surface area (Å²) >= 11 is 1.80. The molecule has 0 atom stereocenters. The SMILES string of the molecule is Cn1ccc(C(=O)CSCC2CCCC2)c1. The zero-order valence-electron chi connectivity index (χ0n) is 9.82. The highest BCUT2D eigenvalue weighted by atomic mass is 32.2. The van der Waals surface area contributed by atoms with E-state index in [0.717, 1.165) is 11.5 Å². The molecule has 1 saturated carbocycles. The minimum atomic E-state index is 0.267. The normalized spacial score (nSPS) is 16.8. The molecule has 1 heterocycles. The lowest BCUT2D eigenvalue weighted by Crippen LogP contribution is -2.04. The van der Waals surface area contributed by atoms with Gasteiger partial charge in [0.05, 0.1) is 5.75 Å². The maximum atomic E-state index is 11.8. The Morgan fingerprint density at radius 2 is 2.25 bits per heavy atom. The number of carbonyl (C=O) groups excluding carboxylic acids is 1. The molecule has 0 bridgehead atoms. The van der Waals surface area contributed by atoms with Crippen LogP contribution in [0.15, 0.2) is 18.5 Å². The number of rotatable bonds is 5. The number of thioether (sulfide) groups is 1. The molecule has 3 heteroatoms. The monoisotopic (exact) mass is 237 g/mol. The van der Waals surface area contributed by atoms with Gasteiger partial charge < -0.3 is 4.57 Å². The van der Waals surface area contributed by atoms with E-state index in [1.807, 2.05) is 30.1 Å². The molecule has 0 radical (unpaired) electrons. The fourth-order valence-corrected chi connectivity index (χ4v) is 3.38. The molecular formula is C13H19NOS. The van der Waals surface area contributed by atoms with Crippen molar-refractivity contribution in [2.24, 2.45) is 13.0 Å². The van der Waals surface area contributed by atoms with Crippen LogP contribution in [-0.2, 0) is 7.05 Å². The fraction of sp³-hybridized carbons (Fsp3) is 0.615. The van der Waals surface area contributed by atoms with Gasteiger partial charge in [-0.3, -0.25) is 4.79 Å². The third-order valence-electron chi connectivity index (χ3n) is 3.22. The van der Waals surface area contributed by atoms with Gasteiger partial charge in [-0.15, -0.1) is 0 Å². The third kappa shape index (κ3) is 3.14. The topological polar surface area (TPSA) is 22.0 Å². The lowest BCUT2D eigenvalue weighted by atomic mass is 10.1. The molecule has 0 spiro atoms. The zero-order valence-corrected chi connectivity index (χ0v) is 10.6. The number of carbonyl (C=O) groups is 1. The van der Waals surface area contributed by atoms with E-state index in [1.54, 1.807) is 11.8 Å². The van der Waals surface area contributed by atoms with Crippen molar-refractivity contribution in [3.8, 4) is 0 Å². The second kappa shape index (κ2) is 5.58. The van der Waals surface area contributed by atoms with Crippen LogP contribution in [-0.4, -0.2) is 21.9 Å². The van der Waals surface area contributed by atoms with Crippen LogP contribution in [0.2, 0.25) is 0 Å². The number of Topliss-reactive ketones (excluding diaryl/α,β-unsaturated/α-hetero) is 1. The minimum Gasteiger partial charge on any atom is -0.357 e. The Bertz CT molecular complexity index is 353. The number of ketones is 1. The van der Waals surface area contributed by atoms with Gasteiger partial charge in [-0.2, -0.15) is 11.8 Å². The third-order valence-corrected chi connectivity index (χ3v) is 4.39. The van der Waals surface area contributed by atoms with E-state index < -0.39 is 0 Å². The Morgan fingerprint density at radius 3 is 2.88 bits per heavy atom. The van der Waals surface area contributed by atoms with Crippen LogP contribution >= 0.6 is 11.8 Å². The van der Waals surface area contributed by atoms with E-state index >= 15 is 0 Å². The van der Waals surface area contributed by atoms with Crippen LogP contribution in [0.1, 0.15) is 36.0 Å². The lowest BCUT2D eigenvalue weighted by Gasteiger charge is -2.06. The van der Waals surface area contributed by atoms with Gasteiger partial charge in [-0.1, -0.05) is 12.8 Å². The highest BCUT2D eigenvalue weighted by Gasteiger charge is 2.15. The van der Waals surface area contributed by atoms with E-state index in [-0.39, 0.29) is 5.78 Å². The highest BCUT2D eigenvalue weighted by molar-refractivity contribution is 7.99. The van der Waals surface area contributed by atoms with Gasteiger partial charge in [-0.05, 0) is 30.6 Å². The van der Waals surface area contributed by atoms with Gasteiger partial charge >= 0.3 is 0 Å². The molecule has 1 aromatic heterocycles. The summed E-state index contributed by atoms with van der Waals surface area (Å²) < 4.78 is 1.93. The van der Waals surface area contributed by atoms with Crippen molar-refractivity contribution >= 4 is 17.5 Å². The van der Waals surface area contributed by atoms with E-state index in [2.05, 4.69) is 0 Å². The van der Waals surface area contributed by atoms with Gasteiger partial charge in [-0.25, -0.2) is 0 Å². The van der Waals surface area contributed by atoms with Gasteiger partial charge in [0.25, 0.3) is 0 Å². The Kier molecular flexibility index (Phi) is 4.10. The number of aryl methyl sites for hydroxylation is 1. The molecule has 1 aliphatic rings. The zero-order chi connectivity index (χ0) is 11.4. The first-order valence-electron chi connectivity index (χ1n) is 5.98. The molecule has 2 nitrogen and oxygen atoms in total. The van der Waals surface area contributed by atoms with Crippen molar-refractivity contribution in [1.29, 1.82) is 0 Å². The van der Waals surface area contributed by atoms with Crippen LogP contribution in [0.4, 0.5) is 0 Å². The fourth-order valence-electron chi connectivity index (χ4n) is 2.25. The van der Waals surface area contributed by atoms with Gasteiger partial charge in [0.15, 0.2) is 5.78 Å². The number of hydrogen-bond donors (Lipinski definition) is 0. The molecular weight excluding hydrogens is 218 g/mol. The van der Waals surface area contributed by atoms with Crippen molar-refractivity contribution in [3.05, 3.63) is 24.0 Å². The average molecular weight is 237 g/mol. The summed E-state index contributed by atoms with van der Waals surface area (Å²) in [7, 11) is 1.95. The summed E-state index contributed by atoms with van der Waals surface area (Å²) in [6.45, 7) is 0. The molecule has 0 saturated heterocycles. The van der Waals surface area contributed by atoms with Gasteiger partial charge in [0, 0.05) is 25.0 Å². The molecule has 0 N–H and O–H groups in total. The summed E-state index contributed by atoms with van der Waals surface area (Å²) in [4.78, 5) is 11.8. The highest BCUT2D eigenvalue weighted by Crippen LogP contribution is 2.27. The van der Waals surface area contributed by atoms with E-state index in [9.17, 15) is 4.79 Å². The Morgan fingerprint density at radius 1 is 1.50 bits per heavy atom. The van der Waals surface area contributed by atoms with Crippen LogP contribution < -0.4 is 0 Å². The van der Waals surface area contributed by atoms with Gasteiger partial charge in [0.2, 0.25) is 0 Å². The predicted octanol–water partition coefficient (Wildman–Crippen LogP) is 3.13. The van der Waals surface area contributed by atoms with Crippen molar-refractivity contribution < 1.29 is 4.79 Å². The molecule has 1 fully saturated rings. The predicted molar refractivity (Wildman–Crippen MR) is 69.0 cm³/mol. The summed E-state index contributed by atoms with van der Waals surface area (Å²) in [5.41, 5.74) is 0.849. The minimum absolute atomic E-state index is 0.267. The van der Waals surface area contributed by atoms with Crippen LogP contribution in [0.5, 0.6) is 0 Å². The van der Waals surface area contributed by atoms with Crippen molar-refractivity contribution in [2.75, 3.05) is 11.5 Å². The second-order valence-corrected chi connectivity index (χ2v) is 5.68. The van der Waals surface area contributed by atoms with E-state index in [4.69, 9.17) is 0 Å². The number of hydrogen-bond acceptors (Lipinski definition) is 2. The number of aromatic nitrogens is 1. The molecule has 2 rings (SSSR count). The van der Waals surface area contributed by atoms with E-state index in [0.29, 0.717) is 5.75 Å². The molecule has 1 aliphatic carbocycles. The smallest absolute Gasteiger partial charge is 0.174 e. The van der Waals surface area contributed by atoms with Crippen molar-refractivity contribution in [3.63, 3.8) is 0 Å². The first kappa shape index (κ1) is 11.8. The molecule has 1 aromatic rings. The van der Waals surface area contributed by atoms with Crippen LogP contribution in [0.25, 0.3) is 0 Å². The molecule has 0 amide bonds. The second-order valence-electron chi connectivity index (χ2n) is 4.65. The van der Waals surface area contributed by atoms with Crippen molar-refractivity contribution in [1.82, 2.24) is 4.57 Å². The lowest BCUT2D eigenvalue weighted by molar-refractivity contribution is 0.102. The van der Waals surface area contributed by atoms with Gasteiger partial charge in [0.1, 0.15) is 0 Å². The average Bonchev–Trinajstić information content (AvgIpc) is 2.89. The summed E-state index contributed by atoms with van der Waals surface area (Å²) in [5, 5.41) is 0. The largest absolute Gasteiger partial charge is 0.357 e. The first-order chi connectivity index (χ1) is 7.75. The quantitative estimate of drug-likeness (QED) is 0.734. The Balaban J connectivity index is 1.71. The van der Waals surface area contributed by atoms with Crippen LogP contribution in [0.3, 0.4) is 0 Å². The maximum absolute atomic E-state index is 11.8. The number of nitrogens with zero attached hydrogens (tertiary/aromatic N) is 1. The summed E-state index contributed by atoms with van der Waals surface area (Å²) in [6.07, 6.45) is 9.34. The maximum Gasteiger partial charge on any atom is 0.174 e. The Labute approximate surface area is 101 Å².